The van der Waals surface area contributed by atoms with E-state index in [0.29, 0.717) is 24.4 Å². The Bertz CT molecular complexity index is 729. The first-order valence-electron chi connectivity index (χ1n) is 7.87. The van der Waals surface area contributed by atoms with Gasteiger partial charge in [-0.1, -0.05) is 38.1 Å². The van der Waals surface area contributed by atoms with Crippen molar-refractivity contribution in [1.29, 1.82) is 0 Å². The smallest absolute Gasteiger partial charge is 0.252 e. The number of hydrogen-bond donors (Lipinski definition) is 2. The third-order valence-electron chi connectivity index (χ3n) is 3.38. The van der Waals surface area contributed by atoms with Crippen LogP contribution in [-0.4, -0.2) is 11.8 Å². The highest BCUT2D eigenvalue weighted by Crippen LogP contribution is 2.16. The highest BCUT2D eigenvalue weighted by Gasteiger charge is 2.09. The minimum Gasteiger partial charge on any atom is -0.348 e. The van der Waals surface area contributed by atoms with Gasteiger partial charge in [0.05, 0.1) is 5.56 Å². The predicted molar refractivity (Wildman–Crippen MR) is 99.8 cm³/mol. The van der Waals surface area contributed by atoms with E-state index in [2.05, 4.69) is 26.6 Å². The van der Waals surface area contributed by atoms with Gasteiger partial charge in [0.25, 0.3) is 5.91 Å². The third kappa shape index (κ3) is 5.49. The Morgan fingerprint density at radius 2 is 1.83 bits per heavy atom. The fraction of sp³-hybridized carbons (Fsp3) is 0.263. The van der Waals surface area contributed by atoms with Gasteiger partial charge >= 0.3 is 0 Å². The van der Waals surface area contributed by atoms with Gasteiger partial charge in [0.2, 0.25) is 5.91 Å². The molecule has 126 valence electrons. The molecule has 0 saturated carbocycles. The van der Waals surface area contributed by atoms with Crippen LogP contribution in [0, 0.1) is 5.92 Å². The van der Waals surface area contributed by atoms with E-state index >= 15 is 0 Å². The van der Waals surface area contributed by atoms with Crippen molar-refractivity contribution >= 4 is 33.4 Å². The number of amides is 2. The first kappa shape index (κ1) is 18.2. The molecule has 0 radical (unpaired) electrons. The summed E-state index contributed by atoms with van der Waals surface area (Å²) in [7, 11) is 0. The molecule has 2 N–H and O–H groups in total. The van der Waals surface area contributed by atoms with Crippen LogP contribution in [0.1, 0.15) is 36.2 Å². The SMILES string of the molecule is CC(C)CC(=O)Nc1cccc(CNC(=O)c2ccccc2Br)c1. The minimum atomic E-state index is -0.142. The molecule has 2 aromatic carbocycles. The summed E-state index contributed by atoms with van der Waals surface area (Å²) in [5, 5.41) is 5.77. The molecular weight excluding hydrogens is 368 g/mol. The van der Waals surface area contributed by atoms with Gasteiger partial charge in [-0.2, -0.15) is 0 Å². The van der Waals surface area contributed by atoms with Crippen molar-refractivity contribution < 1.29 is 9.59 Å². The third-order valence-corrected chi connectivity index (χ3v) is 4.07. The van der Waals surface area contributed by atoms with Gasteiger partial charge in [-0.05, 0) is 51.7 Å². The van der Waals surface area contributed by atoms with Crippen LogP contribution in [0.25, 0.3) is 0 Å². The average molecular weight is 389 g/mol. The van der Waals surface area contributed by atoms with Crippen LogP contribution in [0.15, 0.2) is 53.0 Å². The maximum Gasteiger partial charge on any atom is 0.252 e. The van der Waals surface area contributed by atoms with E-state index < -0.39 is 0 Å². The maximum atomic E-state index is 12.2. The van der Waals surface area contributed by atoms with Crippen molar-refractivity contribution in [2.45, 2.75) is 26.8 Å². The Balaban J connectivity index is 1.96. The fourth-order valence-corrected chi connectivity index (χ4v) is 2.73. The summed E-state index contributed by atoms with van der Waals surface area (Å²) >= 11 is 3.37. The molecule has 0 saturated heterocycles. The van der Waals surface area contributed by atoms with Gasteiger partial charge in [0.15, 0.2) is 0 Å². The lowest BCUT2D eigenvalue weighted by atomic mass is 10.1. The highest BCUT2D eigenvalue weighted by atomic mass is 79.9. The molecule has 0 heterocycles. The average Bonchev–Trinajstić information content (AvgIpc) is 2.52. The largest absolute Gasteiger partial charge is 0.348 e. The minimum absolute atomic E-state index is 0.000554. The van der Waals surface area contributed by atoms with Crippen molar-refractivity contribution in [2.75, 3.05) is 5.32 Å². The summed E-state index contributed by atoms with van der Waals surface area (Å²) in [6.07, 6.45) is 0.489. The summed E-state index contributed by atoms with van der Waals surface area (Å²) in [4.78, 5) is 24.0. The maximum absolute atomic E-state index is 12.2. The summed E-state index contributed by atoms with van der Waals surface area (Å²) in [6.45, 7) is 4.41. The van der Waals surface area contributed by atoms with E-state index in [9.17, 15) is 9.59 Å². The van der Waals surface area contributed by atoms with E-state index in [1.54, 1.807) is 6.07 Å². The number of rotatable bonds is 6. The molecule has 0 fully saturated rings. The molecule has 0 aliphatic rings. The Morgan fingerprint density at radius 3 is 2.54 bits per heavy atom. The second-order valence-corrected chi connectivity index (χ2v) is 6.86. The fourth-order valence-electron chi connectivity index (χ4n) is 2.26. The second-order valence-electron chi connectivity index (χ2n) is 6.01. The number of carbonyl (C=O) groups excluding carboxylic acids is 2. The van der Waals surface area contributed by atoms with Crippen LogP contribution in [0.4, 0.5) is 5.69 Å². The normalized spacial score (nSPS) is 10.5. The lowest BCUT2D eigenvalue weighted by Crippen LogP contribution is -2.23. The van der Waals surface area contributed by atoms with Crippen molar-refractivity contribution in [3.05, 3.63) is 64.1 Å². The van der Waals surface area contributed by atoms with E-state index in [1.807, 2.05) is 56.3 Å². The van der Waals surface area contributed by atoms with E-state index in [0.717, 1.165) is 15.7 Å². The Hall–Kier alpha value is -2.14. The Labute approximate surface area is 150 Å². The zero-order chi connectivity index (χ0) is 17.5. The molecule has 0 bridgehead atoms. The van der Waals surface area contributed by atoms with E-state index in [-0.39, 0.29) is 11.8 Å². The molecule has 24 heavy (non-hydrogen) atoms. The molecule has 2 aromatic rings. The van der Waals surface area contributed by atoms with Crippen molar-refractivity contribution in [3.63, 3.8) is 0 Å². The van der Waals surface area contributed by atoms with Gasteiger partial charge in [-0.3, -0.25) is 9.59 Å². The molecule has 0 spiro atoms. The van der Waals surface area contributed by atoms with Crippen LogP contribution in [0.3, 0.4) is 0 Å². The highest BCUT2D eigenvalue weighted by molar-refractivity contribution is 9.10. The van der Waals surface area contributed by atoms with E-state index in [4.69, 9.17) is 0 Å². The summed E-state index contributed by atoms with van der Waals surface area (Å²) < 4.78 is 0.761. The van der Waals surface area contributed by atoms with E-state index in [1.165, 1.54) is 0 Å². The molecule has 0 unspecified atom stereocenters. The van der Waals surface area contributed by atoms with Crippen LogP contribution in [0.2, 0.25) is 0 Å². The quantitative estimate of drug-likeness (QED) is 0.771. The van der Waals surface area contributed by atoms with Crippen LogP contribution >= 0.6 is 15.9 Å². The van der Waals surface area contributed by atoms with Gasteiger partial charge in [-0.25, -0.2) is 0 Å². The van der Waals surface area contributed by atoms with Gasteiger partial charge in [-0.15, -0.1) is 0 Å². The molecule has 0 atom stereocenters. The zero-order valence-electron chi connectivity index (χ0n) is 13.8. The lowest BCUT2D eigenvalue weighted by Gasteiger charge is -2.10. The Kier molecular flexibility index (Phi) is 6.55. The van der Waals surface area contributed by atoms with Gasteiger partial charge < -0.3 is 10.6 Å². The number of halogens is 1. The summed E-state index contributed by atoms with van der Waals surface area (Å²) in [6, 6.07) is 14.8. The predicted octanol–water partition coefficient (Wildman–Crippen LogP) is 4.36. The molecule has 2 amide bonds. The standard InChI is InChI=1S/C19H21BrN2O2/c1-13(2)10-18(23)22-15-7-5-6-14(11-15)12-21-19(24)16-8-3-4-9-17(16)20/h3-9,11,13H,10,12H2,1-2H3,(H,21,24)(H,22,23). The van der Waals surface area contributed by atoms with Crippen LogP contribution in [0.5, 0.6) is 0 Å². The summed E-state index contributed by atoms with van der Waals surface area (Å²) in [5.74, 6) is 0.174. The topological polar surface area (TPSA) is 58.2 Å². The number of carbonyl (C=O) groups is 2. The number of hydrogen-bond acceptors (Lipinski definition) is 2. The first-order valence-corrected chi connectivity index (χ1v) is 8.66. The second kappa shape index (κ2) is 8.64. The van der Waals surface area contributed by atoms with Gasteiger partial charge in [0, 0.05) is 23.1 Å². The van der Waals surface area contributed by atoms with Crippen LogP contribution in [-0.2, 0) is 11.3 Å². The van der Waals surface area contributed by atoms with Gasteiger partial charge in [0.1, 0.15) is 0 Å². The number of anilines is 1. The van der Waals surface area contributed by atoms with Crippen molar-refractivity contribution in [1.82, 2.24) is 5.32 Å². The first-order chi connectivity index (χ1) is 11.5. The number of nitrogens with one attached hydrogen (secondary N) is 2. The number of benzene rings is 2. The van der Waals surface area contributed by atoms with Crippen LogP contribution < -0.4 is 10.6 Å². The van der Waals surface area contributed by atoms with Crippen molar-refractivity contribution in [2.24, 2.45) is 5.92 Å². The zero-order valence-corrected chi connectivity index (χ0v) is 15.4. The molecule has 0 aliphatic heterocycles. The monoisotopic (exact) mass is 388 g/mol. The molecule has 0 aromatic heterocycles. The molecular formula is C19H21BrN2O2. The molecule has 5 heteroatoms. The molecule has 2 rings (SSSR count). The lowest BCUT2D eigenvalue weighted by molar-refractivity contribution is -0.116. The summed E-state index contributed by atoms with van der Waals surface area (Å²) in [5.41, 5.74) is 2.27. The van der Waals surface area contributed by atoms with Crippen molar-refractivity contribution in [3.8, 4) is 0 Å². The molecule has 4 nitrogen and oxygen atoms in total. The molecule has 0 aliphatic carbocycles. The Morgan fingerprint density at radius 1 is 1.08 bits per heavy atom.